The van der Waals surface area contributed by atoms with Crippen molar-refractivity contribution in [3.63, 3.8) is 0 Å². The number of carbonyl (C=O) groups excluding carboxylic acids is 1. The third kappa shape index (κ3) is 3.85. The number of carbonyl (C=O) groups is 2. The molecule has 1 amide bonds. The molecule has 1 aliphatic carbocycles. The Hall–Kier alpha value is -1.36. The summed E-state index contributed by atoms with van der Waals surface area (Å²) in [5.74, 6) is -1.61. The number of hydrogen-bond donors (Lipinski definition) is 3. The molecule has 0 spiro atoms. The van der Waals surface area contributed by atoms with Crippen molar-refractivity contribution in [3.05, 3.63) is 12.7 Å². The molecule has 96 valence electrons. The summed E-state index contributed by atoms with van der Waals surface area (Å²) in [5, 5.41) is 11.8. The Morgan fingerprint density at radius 2 is 2.12 bits per heavy atom. The number of aliphatic carboxylic acids is 1. The number of nitrogens with two attached hydrogens (primary N) is 1. The van der Waals surface area contributed by atoms with Crippen molar-refractivity contribution in [2.75, 3.05) is 0 Å². The molecule has 0 heterocycles. The molecule has 0 bridgehead atoms. The second-order valence-corrected chi connectivity index (χ2v) is 4.48. The lowest BCUT2D eigenvalue weighted by atomic mass is 9.84. The average Bonchev–Trinajstić information content (AvgIpc) is 2.29. The first-order valence-corrected chi connectivity index (χ1v) is 5.96. The van der Waals surface area contributed by atoms with Crippen LogP contribution in [-0.2, 0) is 9.59 Å². The minimum absolute atomic E-state index is 0.287. The van der Waals surface area contributed by atoms with Gasteiger partial charge < -0.3 is 16.2 Å². The van der Waals surface area contributed by atoms with E-state index in [2.05, 4.69) is 11.9 Å². The quantitative estimate of drug-likeness (QED) is 0.615. The van der Waals surface area contributed by atoms with Gasteiger partial charge in [0.15, 0.2) is 0 Å². The average molecular weight is 240 g/mol. The minimum Gasteiger partial charge on any atom is -0.481 e. The Bertz CT molecular complexity index is 304. The van der Waals surface area contributed by atoms with Crippen molar-refractivity contribution in [3.8, 4) is 0 Å². The van der Waals surface area contributed by atoms with E-state index in [4.69, 9.17) is 10.8 Å². The summed E-state index contributed by atoms with van der Waals surface area (Å²) in [6.07, 6.45) is 5.17. The maximum atomic E-state index is 11.7. The van der Waals surface area contributed by atoms with E-state index >= 15 is 0 Å². The monoisotopic (exact) mass is 240 g/mol. The molecule has 0 aromatic heterocycles. The molecule has 0 aromatic carbocycles. The van der Waals surface area contributed by atoms with Crippen LogP contribution in [-0.4, -0.2) is 29.1 Å². The van der Waals surface area contributed by atoms with Gasteiger partial charge in [0.05, 0.1) is 12.0 Å². The maximum Gasteiger partial charge on any atom is 0.308 e. The van der Waals surface area contributed by atoms with Crippen LogP contribution in [0.4, 0.5) is 0 Å². The lowest BCUT2D eigenvalue weighted by molar-refractivity contribution is -0.144. The van der Waals surface area contributed by atoms with Crippen molar-refractivity contribution in [2.45, 2.75) is 44.2 Å². The normalized spacial score (nSPS) is 25.9. The molecular weight excluding hydrogens is 220 g/mol. The number of hydrogen-bond acceptors (Lipinski definition) is 3. The fraction of sp³-hybridized carbons (Fsp3) is 0.667. The molecule has 1 aliphatic rings. The Morgan fingerprint density at radius 1 is 1.47 bits per heavy atom. The molecule has 1 rings (SSSR count). The van der Waals surface area contributed by atoms with Gasteiger partial charge >= 0.3 is 5.97 Å². The predicted molar refractivity (Wildman–Crippen MR) is 64.3 cm³/mol. The smallest absolute Gasteiger partial charge is 0.308 e. The molecule has 0 radical (unpaired) electrons. The minimum atomic E-state index is -0.840. The molecule has 0 aromatic rings. The van der Waals surface area contributed by atoms with Crippen LogP contribution in [0.5, 0.6) is 0 Å². The van der Waals surface area contributed by atoms with Crippen LogP contribution in [0.3, 0.4) is 0 Å². The number of carboxylic acids is 1. The van der Waals surface area contributed by atoms with E-state index in [9.17, 15) is 9.59 Å². The third-order valence-corrected chi connectivity index (χ3v) is 3.17. The van der Waals surface area contributed by atoms with E-state index in [1.807, 2.05) is 0 Å². The van der Waals surface area contributed by atoms with Gasteiger partial charge in [-0.3, -0.25) is 9.59 Å². The number of nitrogens with one attached hydrogen (secondary N) is 1. The summed E-state index contributed by atoms with van der Waals surface area (Å²) in [4.78, 5) is 22.7. The molecule has 0 saturated heterocycles. The molecule has 5 nitrogen and oxygen atoms in total. The van der Waals surface area contributed by atoms with Gasteiger partial charge in [-0.2, -0.15) is 0 Å². The molecule has 3 unspecified atom stereocenters. The number of amides is 1. The summed E-state index contributed by atoms with van der Waals surface area (Å²) >= 11 is 0. The molecule has 1 fully saturated rings. The molecule has 1 saturated carbocycles. The van der Waals surface area contributed by atoms with Crippen LogP contribution in [0.15, 0.2) is 12.7 Å². The first-order chi connectivity index (χ1) is 8.06. The highest BCUT2D eigenvalue weighted by molar-refractivity contribution is 5.82. The lowest BCUT2D eigenvalue weighted by Crippen LogP contribution is -2.50. The van der Waals surface area contributed by atoms with Gasteiger partial charge in [-0.05, 0) is 19.3 Å². The zero-order valence-corrected chi connectivity index (χ0v) is 9.89. The highest BCUT2D eigenvalue weighted by Gasteiger charge is 2.32. The summed E-state index contributed by atoms with van der Waals surface area (Å²) in [5.41, 5.74) is 5.64. The lowest BCUT2D eigenvalue weighted by Gasteiger charge is -2.30. The van der Waals surface area contributed by atoms with Crippen molar-refractivity contribution >= 4 is 11.9 Å². The predicted octanol–water partition coefficient (Wildman–Crippen LogP) is 0.649. The summed E-state index contributed by atoms with van der Waals surface area (Å²) < 4.78 is 0. The largest absolute Gasteiger partial charge is 0.481 e. The van der Waals surface area contributed by atoms with Crippen LogP contribution >= 0.6 is 0 Å². The van der Waals surface area contributed by atoms with Gasteiger partial charge in [-0.1, -0.05) is 18.9 Å². The van der Waals surface area contributed by atoms with Gasteiger partial charge in [0.25, 0.3) is 0 Å². The van der Waals surface area contributed by atoms with Gasteiger partial charge in [0, 0.05) is 6.04 Å². The molecular formula is C12H20N2O3. The standard InChI is InChI=1S/C12H20N2O3/c1-2-5-9(13)11(15)14-10-7-4-3-6-8(10)12(16)17/h2,8-10H,1,3-7,13H2,(H,14,15)(H,16,17). The van der Waals surface area contributed by atoms with Crippen molar-refractivity contribution in [1.82, 2.24) is 5.32 Å². The van der Waals surface area contributed by atoms with Gasteiger partial charge in [0.1, 0.15) is 0 Å². The Kier molecular flexibility index (Phi) is 5.15. The van der Waals surface area contributed by atoms with Crippen molar-refractivity contribution < 1.29 is 14.7 Å². The zero-order valence-electron chi connectivity index (χ0n) is 9.89. The first kappa shape index (κ1) is 13.7. The van der Waals surface area contributed by atoms with E-state index in [0.29, 0.717) is 19.3 Å². The second kappa shape index (κ2) is 6.39. The summed E-state index contributed by atoms with van der Waals surface area (Å²) in [6, 6.07) is -0.923. The van der Waals surface area contributed by atoms with Crippen LogP contribution in [0.2, 0.25) is 0 Å². The van der Waals surface area contributed by atoms with Gasteiger partial charge in [-0.25, -0.2) is 0 Å². The third-order valence-electron chi connectivity index (χ3n) is 3.17. The van der Waals surface area contributed by atoms with E-state index in [-0.39, 0.29) is 11.9 Å². The fourth-order valence-corrected chi connectivity index (χ4v) is 2.18. The van der Waals surface area contributed by atoms with Crippen molar-refractivity contribution in [1.29, 1.82) is 0 Å². The highest BCUT2D eigenvalue weighted by Crippen LogP contribution is 2.24. The fourth-order valence-electron chi connectivity index (χ4n) is 2.18. The van der Waals surface area contributed by atoms with Crippen LogP contribution in [0.1, 0.15) is 32.1 Å². The second-order valence-electron chi connectivity index (χ2n) is 4.48. The van der Waals surface area contributed by atoms with E-state index in [1.165, 1.54) is 0 Å². The first-order valence-electron chi connectivity index (χ1n) is 5.96. The Labute approximate surface area is 101 Å². The van der Waals surface area contributed by atoms with Crippen LogP contribution in [0, 0.1) is 5.92 Å². The van der Waals surface area contributed by atoms with Crippen LogP contribution in [0.25, 0.3) is 0 Å². The Balaban J connectivity index is 2.55. The molecule has 17 heavy (non-hydrogen) atoms. The van der Waals surface area contributed by atoms with E-state index in [0.717, 1.165) is 12.8 Å². The van der Waals surface area contributed by atoms with E-state index < -0.39 is 17.9 Å². The van der Waals surface area contributed by atoms with Crippen LogP contribution < -0.4 is 11.1 Å². The van der Waals surface area contributed by atoms with Crippen molar-refractivity contribution in [2.24, 2.45) is 11.7 Å². The molecule has 5 heteroatoms. The molecule has 0 aliphatic heterocycles. The van der Waals surface area contributed by atoms with E-state index in [1.54, 1.807) is 6.08 Å². The SMILES string of the molecule is C=CCC(N)C(=O)NC1CCCCC1C(=O)O. The Morgan fingerprint density at radius 3 is 2.71 bits per heavy atom. The topological polar surface area (TPSA) is 92.4 Å². The zero-order chi connectivity index (χ0) is 12.8. The molecule has 4 N–H and O–H groups in total. The number of carboxylic acid groups (broad SMARTS) is 1. The van der Waals surface area contributed by atoms with Gasteiger partial charge in [-0.15, -0.1) is 6.58 Å². The summed E-state index contributed by atoms with van der Waals surface area (Å²) in [6.45, 7) is 3.52. The summed E-state index contributed by atoms with van der Waals surface area (Å²) in [7, 11) is 0. The maximum absolute atomic E-state index is 11.7. The molecule has 3 atom stereocenters. The van der Waals surface area contributed by atoms with Gasteiger partial charge in [0.2, 0.25) is 5.91 Å². The number of rotatable bonds is 5. The highest BCUT2D eigenvalue weighted by atomic mass is 16.4.